The van der Waals surface area contributed by atoms with Crippen LogP contribution in [-0.2, 0) is 19.1 Å². The molecule has 33 heavy (non-hydrogen) atoms. The van der Waals surface area contributed by atoms with Crippen LogP contribution in [0.2, 0.25) is 0 Å². The number of alkyl carbamates (subject to hydrolysis) is 1. The lowest BCUT2D eigenvalue weighted by Crippen LogP contribution is -2.32. The highest BCUT2D eigenvalue weighted by atomic mass is 16.5. The maximum atomic E-state index is 12.3. The van der Waals surface area contributed by atoms with E-state index in [1.165, 1.54) is 11.1 Å². The van der Waals surface area contributed by atoms with Gasteiger partial charge in [0.2, 0.25) is 5.91 Å². The second-order valence-electron chi connectivity index (χ2n) is 8.36. The average molecular weight is 453 g/mol. The zero-order valence-electron chi connectivity index (χ0n) is 18.3. The van der Waals surface area contributed by atoms with Gasteiger partial charge in [0.25, 0.3) is 0 Å². The van der Waals surface area contributed by atoms with Crippen molar-refractivity contribution in [3.05, 3.63) is 59.7 Å². The predicted molar refractivity (Wildman–Crippen MR) is 121 cm³/mol. The van der Waals surface area contributed by atoms with Gasteiger partial charge in [0.15, 0.2) is 0 Å². The van der Waals surface area contributed by atoms with Crippen molar-refractivity contribution in [3.8, 4) is 11.1 Å². The molecule has 2 aliphatic carbocycles. The lowest BCUT2D eigenvalue weighted by molar-refractivity contribution is -0.138. The van der Waals surface area contributed by atoms with Gasteiger partial charge in [0, 0.05) is 24.9 Å². The Morgan fingerprint density at radius 2 is 1.61 bits per heavy atom. The van der Waals surface area contributed by atoms with E-state index in [2.05, 4.69) is 34.9 Å². The molecule has 0 bridgehead atoms. The smallest absolute Gasteiger partial charge is 0.407 e. The topological polar surface area (TPSA) is 114 Å². The van der Waals surface area contributed by atoms with Crippen molar-refractivity contribution in [2.24, 2.45) is 11.8 Å². The number of rotatable bonds is 11. The highest BCUT2D eigenvalue weighted by Crippen LogP contribution is 2.44. The van der Waals surface area contributed by atoms with Crippen molar-refractivity contribution in [3.63, 3.8) is 0 Å². The van der Waals surface area contributed by atoms with Gasteiger partial charge in [0.05, 0.1) is 19.6 Å². The molecule has 8 heteroatoms. The van der Waals surface area contributed by atoms with Gasteiger partial charge in [-0.05, 0) is 34.6 Å². The molecule has 1 fully saturated rings. The number of carbonyl (C=O) groups is 3. The average Bonchev–Trinajstić information content (AvgIpc) is 3.53. The number of carboxylic acid groups (broad SMARTS) is 1. The summed E-state index contributed by atoms with van der Waals surface area (Å²) in [6.07, 6.45) is 0.185. The molecule has 2 aromatic carbocycles. The molecule has 0 radical (unpaired) electrons. The van der Waals surface area contributed by atoms with Crippen LogP contribution in [0.3, 0.4) is 0 Å². The molecule has 2 amide bonds. The number of hydrogen-bond donors (Lipinski definition) is 3. The first-order valence-electron chi connectivity index (χ1n) is 11.2. The zero-order valence-corrected chi connectivity index (χ0v) is 18.3. The maximum Gasteiger partial charge on any atom is 0.407 e. The molecular weight excluding hydrogens is 424 g/mol. The van der Waals surface area contributed by atoms with Gasteiger partial charge < -0.3 is 25.2 Å². The van der Waals surface area contributed by atoms with Crippen molar-refractivity contribution >= 4 is 18.0 Å². The van der Waals surface area contributed by atoms with E-state index in [9.17, 15) is 14.4 Å². The normalized spacial score (nSPS) is 18.2. The first kappa shape index (κ1) is 22.8. The third kappa shape index (κ3) is 5.70. The zero-order chi connectivity index (χ0) is 23.2. The van der Waals surface area contributed by atoms with Gasteiger partial charge in [0.1, 0.15) is 6.61 Å². The summed E-state index contributed by atoms with van der Waals surface area (Å²) in [4.78, 5) is 34.8. The van der Waals surface area contributed by atoms with Crippen LogP contribution in [0, 0.1) is 11.8 Å². The Balaban J connectivity index is 1.15. The summed E-state index contributed by atoms with van der Waals surface area (Å²) in [5.41, 5.74) is 4.69. The number of carbonyl (C=O) groups excluding carboxylic acids is 2. The Kier molecular flexibility index (Phi) is 7.24. The molecule has 0 saturated heterocycles. The number of amides is 2. The number of fused-ring (bicyclic) bond motifs is 3. The van der Waals surface area contributed by atoms with Crippen LogP contribution in [0.25, 0.3) is 11.1 Å². The number of hydrogen-bond acceptors (Lipinski definition) is 5. The summed E-state index contributed by atoms with van der Waals surface area (Å²) in [6.45, 7) is 1.39. The maximum absolute atomic E-state index is 12.3. The second-order valence-corrected chi connectivity index (χ2v) is 8.36. The largest absolute Gasteiger partial charge is 0.481 e. The van der Waals surface area contributed by atoms with Gasteiger partial charge in [-0.2, -0.15) is 0 Å². The van der Waals surface area contributed by atoms with Crippen molar-refractivity contribution in [2.45, 2.75) is 18.8 Å². The molecule has 2 aromatic rings. The Morgan fingerprint density at radius 1 is 0.939 bits per heavy atom. The third-order valence-electron chi connectivity index (χ3n) is 6.12. The van der Waals surface area contributed by atoms with Crippen LogP contribution in [0.5, 0.6) is 0 Å². The number of ether oxygens (including phenoxy) is 2. The van der Waals surface area contributed by atoms with E-state index in [1.54, 1.807) is 0 Å². The lowest BCUT2D eigenvalue weighted by atomic mass is 9.98. The Labute approximate surface area is 192 Å². The molecule has 0 aromatic heterocycles. The highest BCUT2D eigenvalue weighted by Gasteiger charge is 2.42. The first-order valence-corrected chi connectivity index (χ1v) is 11.2. The third-order valence-corrected chi connectivity index (χ3v) is 6.12. The second kappa shape index (κ2) is 10.5. The molecule has 0 spiro atoms. The standard InChI is InChI=1S/C25H28N2O6/c28-23(29)9-11-32-12-10-26-24(30)21-13-16(21)14-27-25(31)33-15-22-19-7-3-1-5-17(19)18-6-2-4-8-20(18)22/h1-8,16,21-22H,9-15H2,(H,26,30)(H,27,31)(H,28,29)/t16-,21-/m1/s1. The van der Waals surface area contributed by atoms with E-state index in [1.807, 2.05) is 24.3 Å². The molecule has 8 nitrogen and oxygen atoms in total. The van der Waals surface area contributed by atoms with E-state index < -0.39 is 12.1 Å². The summed E-state index contributed by atoms with van der Waals surface area (Å²) in [6, 6.07) is 16.4. The molecule has 4 rings (SSSR count). The summed E-state index contributed by atoms with van der Waals surface area (Å²) < 4.78 is 10.7. The van der Waals surface area contributed by atoms with E-state index in [0.717, 1.165) is 17.5 Å². The summed E-state index contributed by atoms with van der Waals surface area (Å²) >= 11 is 0. The van der Waals surface area contributed by atoms with Crippen molar-refractivity contribution in [1.29, 1.82) is 0 Å². The number of aliphatic carboxylic acids is 1. The van der Waals surface area contributed by atoms with E-state index >= 15 is 0 Å². The minimum Gasteiger partial charge on any atom is -0.481 e. The van der Waals surface area contributed by atoms with Gasteiger partial charge in [-0.15, -0.1) is 0 Å². The fourth-order valence-corrected chi connectivity index (χ4v) is 4.30. The minimum atomic E-state index is -0.913. The molecular formula is C25H28N2O6. The van der Waals surface area contributed by atoms with E-state index in [0.29, 0.717) is 13.1 Å². The van der Waals surface area contributed by atoms with Gasteiger partial charge in [-0.3, -0.25) is 9.59 Å². The molecule has 2 aliphatic rings. The van der Waals surface area contributed by atoms with Crippen LogP contribution in [0.4, 0.5) is 4.79 Å². The van der Waals surface area contributed by atoms with Crippen molar-refractivity contribution in [2.75, 3.05) is 32.9 Å². The van der Waals surface area contributed by atoms with Crippen LogP contribution >= 0.6 is 0 Å². The van der Waals surface area contributed by atoms with E-state index in [4.69, 9.17) is 14.6 Å². The Hall–Kier alpha value is -3.39. The highest BCUT2D eigenvalue weighted by molar-refractivity contribution is 5.82. The monoisotopic (exact) mass is 452 g/mol. The quantitative estimate of drug-likeness (QED) is 0.452. The van der Waals surface area contributed by atoms with Crippen LogP contribution in [0.15, 0.2) is 48.5 Å². The Bertz CT molecular complexity index is 978. The Morgan fingerprint density at radius 3 is 2.27 bits per heavy atom. The van der Waals surface area contributed by atoms with Crippen LogP contribution in [-0.4, -0.2) is 56.0 Å². The minimum absolute atomic E-state index is 0.0142. The van der Waals surface area contributed by atoms with E-state index in [-0.39, 0.29) is 49.9 Å². The molecule has 0 unspecified atom stereocenters. The summed E-state index contributed by atoms with van der Waals surface area (Å²) in [5, 5.41) is 14.1. The molecule has 174 valence electrons. The van der Waals surface area contributed by atoms with Gasteiger partial charge in [-0.25, -0.2) is 4.79 Å². The van der Waals surface area contributed by atoms with Crippen molar-refractivity contribution < 1.29 is 29.0 Å². The summed E-state index contributed by atoms with van der Waals surface area (Å²) in [7, 11) is 0. The molecule has 3 N–H and O–H groups in total. The predicted octanol–water partition coefficient (Wildman–Crippen LogP) is 2.77. The number of benzene rings is 2. The van der Waals surface area contributed by atoms with Crippen LogP contribution < -0.4 is 10.6 Å². The fourth-order valence-electron chi connectivity index (χ4n) is 4.30. The molecule has 1 saturated carbocycles. The molecule has 0 aliphatic heterocycles. The van der Waals surface area contributed by atoms with Crippen LogP contribution in [0.1, 0.15) is 29.9 Å². The molecule has 0 heterocycles. The first-order chi connectivity index (χ1) is 16.0. The lowest BCUT2D eigenvalue weighted by Gasteiger charge is -2.14. The molecule has 2 atom stereocenters. The number of carboxylic acids is 1. The van der Waals surface area contributed by atoms with Gasteiger partial charge >= 0.3 is 12.1 Å². The van der Waals surface area contributed by atoms with Crippen molar-refractivity contribution in [1.82, 2.24) is 10.6 Å². The SMILES string of the molecule is O=C(O)CCOCCNC(=O)[C@@H]1C[C@@H]1CNC(=O)OCC1c2ccccc2-c2ccccc21. The summed E-state index contributed by atoms with van der Waals surface area (Å²) in [5.74, 6) is -1.00. The fraction of sp³-hybridized carbons (Fsp3) is 0.400. The number of nitrogens with one attached hydrogen (secondary N) is 2. The van der Waals surface area contributed by atoms with Gasteiger partial charge in [-0.1, -0.05) is 48.5 Å².